The molecule has 0 bridgehead atoms. The van der Waals surface area contributed by atoms with Gasteiger partial charge < -0.3 is 19.7 Å². The highest BCUT2D eigenvalue weighted by molar-refractivity contribution is 5.57. The molecule has 4 nitrogen and oxygen atoms in total. The predicted molar refractivity (Wildman–Crippen MR) is 68.2 cm³/mol. The lowest BCUT2D eigenvalue weighted by Gasteiger charge is -2.32. The first-order chi connectivity index (χ1) is 8.29. The Morgan fingerprint density at radius 2 is 1.78 bits per heavy atom. The Labute approximate surface area is 106 Å². The van der Waals surface area contributed by atoms with Crippen molar-refractivity contribution in [2.45, 2.75) is 26.6 Å². The van der Waals surface area contributed by atoms with Crippen molar-refractivity contribution >= 4 is 6.08 Å². The van der Waals surface area contributed by atoms with Gasteiger partial charge in [0.2, 0.25) is 6.79 Å². The molecule has 98 valence electrons. The van der Waals surface area contributed by atoms with E-state index in [9.17, 15) is 10.2 Å². The first-order valence-electron chi connectivity index (χ1n) is 5.83. The van der Waals surface area contributed by atoms with Crippen LogP contribution in [0.3, 0.4) is 0 Å². The summed E-state index contributed by atoms with van der Waals surface area (Å²) >= 11 is 0. The number of hydrogen-bond acceptors (Lipinski definition) is 4. The van der Waals surface area contributed by atoms with Crippen molar-refractivity contribution in [3.63, 3.8) is 0 Å². The molecule has 4 heteroatoms. The lowest BCUT2D eigenvalue weighted by atomic mass is 9.85. The van der Waals surface area contributed by atoms with Gasteiger partial charge in [-0.3, -0.25) is 0 Å². The van der Waals surface area contributed by atoms with E-state index in [0.717, 1.165) is 5.56 Å². The number of ether oxygens (including phenoxy) is 2. The summed E-state index contributed by atoms with van der Waals surface area (Å²) in [4.78, 5) is 0. The van der Waals surface area contributed by atoms with Crippen molar-refractivity contribution in [2.24, 2.45) is 5.41 Å². The average molecular weight is 250 g/mol. The molecule has 1 aliphatic rings. The molecule has 0 unspecified atom stereocenters. The third-order valence-electron chi connectivity index (χ3n) is 3.01. The van der Waals surface area contributed by atoms with E-state index in [1.165, 1.54) is 6.08 Å². The fraction of sp³-hybridized carbons (Fsp3) is 0.429. The molecule has 0 radical (unpaired) electrons. The molecule has 0 aliphatic carbocycles. The summed E-state index contributed by atoms with van der Waals surface area (Å²) in [6.07, 6.45) is 3.04. The summed E-state index contributed by atoms with van der Waals surface area (Å²) in [5, 5.41) is 19.8. The van der Waals surface area contributed by atoms with Gasteiger partial charge in [0.05, 0.1) is 0 Å². The number of benzene rings is 1. The van der Waals surface area contributed by atoms with Gasteiger partial charge in [-0.25, -0.2) is 0 Å². The van der Waals surface area contributed by atoms with Crippen LogP contribution in [0.5, 0.6) is 11.5 Å². The predicted octanol–water partition coefficient (Wildman–Crippen LogP) is 2.16. The van der Waals surface area contributed by atoms with Crippen molar-refractivity contribution in [1.82, 2.24) is 0 Å². The van der Waals surface area contributed by atoms with E-state index in [0.29, 0.717) is 11.5 Å². The van der Waals surface area contributed by atoms with E-state index < -0.39 is 11.2 Å². The summed E-state index contributed by atoms with van der Waals surface area (Å²) in [5.74, 6) is -0.472. The van der Waals surface area contributed by atoms with Crippen LogP contribution >= 0.6 is 0 Å². The van der Waals surface area contributed by atoms with Gasteiger partial charge in [0, 0.05) is 5.41 Å². The monoisotopic (exact) mass is 250 g/mol. The van der Waals surface area contributed by atoms with Crippen molar-refractivity contribution in [2.75, 3.05) is 6.79 Å². The molecule has 2 rings (SSSR count). The number of fused-ring (bicyclic) bond motifs is 1. The van der Waals surface area contributed by atoms with Crippen molar-refractivity contribution in [3.05, 3.63) is 29.8 Å². The molecule has 1 aliphatic heterocycles. The zero-order valence-electron chi connectivity index (χ0n) is 10.8. The maximum absolute atomic E-state index is 9.92. The van der Waals surface area contributed by atoms with E-state index in [1.54, 1.807) is 39.0 Å². The smallest absolute Gasteiger partial charge is 0.231 e. The first-order valence-corrected chi connectivity index (χ1v) is 5.83. The summed E-state index contributed by atoms with van der Waals surface area (Å²) in [7, 11) is 0. The molecular formula is C14H18O4. The highest BCUT2D eigenvalue weighted by atomic mass is 16.7. The normalized spacial score (nSPS) is 15.4. The van der Waals surface area contributed by atoms with Gasteiger partial charge >= 0.3 is 0 Å². The summed E-state index contributed by atoms with van der Waals surface area (Å²) in [6.45, 7) is 5.51. The first kappa shape index (κ1) is 12.9. The zero-order chi connectivity index (χ0) is 13.4. The minimum absolute atomic E-state index is 0.231. The Morgan fingerprint density at radius 3 is 2.44 bits per heavy atom. The fourth-order valence-corrected chi connectivity index (χ4v) is 1.48. The molecule has 0 atom stereocenters. The topological polar surface area (TPSA) is 58.9 Å². The highest BCUT2D eigenvalue weighted by Gasteiger charge is 2.35. The standard InChI is InChI=1S/C14H18O4/c1-13(2,3)14(15,16)7-6-10-4-5-11-12(8-10)18-9-17-11/h4-8,15-16H,9H2,1-3H3. The fourth-order valence-electron chi connectivity index (χ4n) is 1.48. The van der Waals surface area contributed by atoms with Gasteiger partial charge in [-0.1, -0.05) is 32.9 Å². The number of aliphatic hydroxyl groups is 2. The minimum atomic E-state index is -1.86. The molecule has 1 aromatic rings. The molecule has 0 fully saturated rings. The maximum Gasteiger partial charge on any atom is 0.231 e. The van der Waals surface area contributed by atoms with Gasteiger partial charge in [0.1, 0.15) is 0 Å². The Balaban J connectivity index is 2.19. The molecule has 1 heterocycles. The van der Waals surface area contributed by atoms with Crippen molar-refractivity contribution < 1.29 is 19.7 Å². The third kappa shape index (κ3) is 2.49. The van der Waals surface area contributed by atoms with Crippen LogP contribution in [0.1, 0.15) is 26.3 Å². The summed E-state index contributed by atoms with van der Waals surface area (Å²) in [6, 6.07) is 5.44. The van der Waals surface area contributed by atoms with Crippen LogP contribution in [0.4, 0.5) is 0 Å². The van der Waals surface area contributed by atoms with Crippen LogP contribution in [-0.2, 0) is 0 Å². The van der Waals surface area contributed by atoms with Crippen molar-refractivity contribution in [3.8, 4) is 11.5 Å². The molecular weight excluding hydrogens is 232 g/mol. The summed E-state index contributed by atoms with van der Waals surface area (Å²) < 4.78 is 10.5. The molecule has 0 amide bonds. The van der Waals surface area contributed by atoms with Gasteiger partial charge in [-0.2, -0.15) is 0 Å². The molecule has 0 spiro atoms. The Hall–Kier alpha value is -1.52. The lowest BCUT2D eigenvalue weighted by Crippen LogP contribution is -2.40. The van der Waals surface area contributed by atoms with E-state index in [4.69, 9.17) is 9.47 Å². The molecule has 1 aromatic carbocycles. The van der Waals surface area contributed by atoms with Crippen LogP contribution in [0.25, 0.3) is 6.08 Å². The second-order valence-corrected chi connectivity index (χ2v) is 5.42. The van der Waals surface area contributed by atoms with Crippen LogP contribution in [0.15, 0.2) is 24.3 Å². The lowest BCUT2D eigenvalue weighted by molar-refractivity contribution is -0.187. The van der Waals surface area contributed by atoms with Crippen molar-refractivity contribution in [1.29, 1.82) is 0 Å². The molecule has 0 saturated carbocycles. The summed E-state index contributed by atoms with van der Waals surface area (Å²) in [5.41, 5.74) is 0.177. The molecule has 2 N–H and O–H groups in total. The largest absolute Gasteiger partial charge is 0.454 e. The van der Waals surface area contributed by atoms with Gasteiger partial charge in [-0.05, 0) is 23.8 Å². The van der Waals surface area contributed by atoms with Gasteiger partial charge in [0.25, 0.3) is 0 Å². The van der Waals surface area contributed by atoms with E-state index in [1.807, 2.05) is 6.07 Å². The van der Waals surface area contributed by atoms with E-state index >= 15 is 0 Å². The highest BCUT2D eigenvalue weighted by Crippen LogP contribution is 2.34. The van der Waals surface area contributed by atoms with Crippen LogP contribution in [0.2, 0.25) is 0 Å². The van der Waals surface area contributed by atoms with E-state index in [-0.39, 0.29) is 6.79 Å². The Kier molecular flexibility index (Phi) is 3.09. The Bertz CT molecular complexity index is 469. The van der Waals surface area contributed by atoms with Crippen LogP contribution < -0.4 is 9.47 Å². The quantitative estimate of drug-likeness (QED) is 0.790. The second-order valence-electron chi connectivity index (χ2n) is 5.42. The SMILES string of the molecule is CC(C)(C)C(O)(O)C=Cc1ccc2c(c1)OCO2. The number of rotatable bonds is 2. The molecule has 18 heavy (non-hydrogen) atoms. The average Bonchev–Trinajstić information content (AvgIpc) is 2.71. The van der Waals surface area contributed by atoms with Crippen LogP contribution in [-0.4, -0.2) is 22.8 Å². The van der Waals surface area contributed by atoms with E-state index in [2.05, 4.69) is 0 Å². The minimum Gasteiger partial charge on any atom is -0.454 e. The second kappa shape index (κ2) is 4.30. The van der Waals surface area contributed by atoms with Gasteiger partial charge in [-0.15, -0.1) is 0 Å². The van der Waals surface area contributed by atoms with Crippen LogP contribution in [0, 0.1) is 5.41 Å². The Morgan fingerprint density at radius 1 is 1.11 bits per heavy atom. The van der Waals surface area contributed by atoms with Gasteiger partial charge in [0.15, 0.2) is 17.3 Å². The molecule has 0 saturated heterocycles. The zero-order valence-corrected chi connectivity index (χ0v) is 10.8. The number of hydrogen-bond donors (Lipinski definition) is 2. The molecule has 0 aromatic heterocycles. The third-order valence-corrected chi connectivity index (χ3v) is 3.01. The maximum atomic E-state index is 9.92.